The summed E-state index contributed by atoms with van der Waals surface area (Å²) >= 11 is 1.23. The van der Waals surface area contributed by atoms with Gasteiger partial charge in [0.2, 0.25) is 5.91 Å². The fraction of sp³-hybridized carbons (Fsp3) is 0.583. The van der Waals surface area contributed by atoms with Crippen molar-refractivity contribution in [1.82, 2.24) is 10.0 Å². The smallest absolute Gasteiger partial charge is 0.250 e. The SMILES string of the molecule is CCc1ccc(S(=O)(=O)NCC(=O)NCC(C)C)s1. The first-order valence-electron chi connectivity index (χ1n) is 6.20. The van der Waals surface area contributed by atoms with E-state index in [-0.39, 0.29) is 16.7 Å². The Morgan fingerprint density at radius 1 is 1.37 bits per heavy atom. The molecule has 7 heteroatoms. The zero-order valence-corrected chi connectivity index (χ0v) is 13.0. The summed E-state index contributed by atoms with van der Waals surface area (Å²) in [5, 5.41) is 2.66. The van der Waals surface area contributed by atoms with E-state index in [1.807, 2.05) is 20.8 Å². The van der Waals surface area contributed by atoms with Crippen LogP contribution in [0.5, 0.6) is 0 Å². The number of amides is 1. The maximum atomic E-state index is 11.9. The molecule has 2 N–H and O–H groups in total. The van der Waals surface area contributed by atoms with Crippen LogP contribution < -0.4 is 10.0 Å². The van der Waals surface area contributed by atoms with Gasteiger partial charge >= 0.3 is 0 Å². The Kier molecular flexibility index (Phi) is 5.96. The van der Waals surface area contributed by atoms with E-state index in [9.17, 15) is 13.2 Å². The molecule has 108 valence electrons. The van der Waals surface area contributed by atoms with Gasteiger partial charge in [-0.15, -0.1) is 11.3 Å². The maximum Gasteiger partial charge on any atom is 0.250 e. The van der Waals surface area contributed by atoms with Gasteiger partial charge < -0.3 is 5.32 Å². The maximum absolute atomic E-state index is 11.9. The van der Waals surface area contributed by atoms with Crippen molar-refractivity contribution in [2.24, 2.45) is 5.92 Å². The summed E-state index contributed by atoms with van der Waals surface area (Å²) in [5.41, 5.74) is 0. The van der Waals surface area contributed by atoms with Crippen molar-refractivity contribution in [3.63, 3.8) is 0 Å². The molecular formula is C12H20N2O3S2. The molecule has 0 aliphatic rings. The van der Waals surface area contributed by atoms with Crippen molar-refractivity contribution in [2.45, 2.75) is 31.4 Å². The van der Waals surface area contributed by atoms with Crippen LogP contribution in [-0.2, 0) is 21.2 Å². The average molecular weight is 304 g/mol. The van der Waals surface area contributed by atoms with Gasteiger partial charge in [0, 0.05) is 11.4 Å². The standard InChI is InChI=1S/C12H20N2O3S2/c1-4-10-5-6-12(18-10)19(16,17)14-8-11(15)13-7-9(2)3/h5-6,9,14H,4,7-8H2,1-3H3,(H,13,15). The van der Waals surface area contributed by atoms with Crippen LogP contribution in [0.1, 0.15) is 25.6 Å². The molecule has 0 saturated heterocycles. The van der Waals surface area contributed by atoms with Crippen molar-refractivity contribution in [2.75, 3.05) is 13.1 Å². The van der Waals surface area contributed by atoms with E-state index in [1.165, 1.54) is 11.3 Å². The third kappa shape index (κ3) is 5.30. The lowest BCUT2D eigenvalue weighted by Gasteiger charge is -2.08. The third-order valence-electron chi connectivity index (χ3n) is 2.38. The number of carbonyl (C=O) groups excluding carboxylic acids is 1. The monoisotopic (exact) mass is 304 g/mol. The number of aryl methyl sites for hydroxylation is 1. The zero-order chi connectivity index (χ0) is 14.5. The van der Waals surface area contributed by atoms with Crippen LogP contribution in [0.2, 0.25) is 0 Å². The molecule has 5 nitrogen and oxygen atoms in total. The quantitative estimate of drug-likeness (QED) is 0.798. The van der Waals surface area contributed by atoms with Crippen LogP contribution in [-0.4, -0.2) is 27.4 Å². The number of rotatable bonds is 7. The first-order valence-corrected chi connectivity index (χ1v) is 8.50. The molecule has 0 radical (unpaired) electrons. The van der Waals surface area contributed by atoms with Crippen molar-refractivity contribution >= 4 is 27.3 Å². The summed E-state index contributed by atoms with van der Waals surface area (Å²) in [6, 6.07) is 3.36. The normalized spacial score (nSPS) is 11.8. The van der Waals surface area contributed by atoms with Gasteiger partial charge in [0.15, 0.2) is 0 Å². The van der Waals surface area contributed by atoms with Crippen LogP contribution in [0, 0.1) is 5.92 Å². The lowest BCUT2D eigenvalue weighted by Crippen LogP contribution is -2.38. The summed E-state index contributed by atoms with van der Waals surface area (Å²) in [6.45, 7) is 6.23. The number of nitrogens with one attached hydrogen (secondary N) is 2. The predicted octanol–water partition coefficient (Wildman–Crippen LogP) is 1.36. The lowest BCUT2D eigenvalue weighted by molar-refractivity contribution is -0.120. The molecule has 1 aromatic rings. The van der Waals surface area contributed by atoms with Crippen LogP contribution in [0.25, 0.3) is 0 Å². The minimum absolute atomic E-state index is 0.228. The highest BCUT2D eigenvalue weighted by molar-refractivity contribution is 7.91. The summed E-state index contributed by atoms with van der Waals surface area (Å²) in [4.78, 5) is 12.5. The zero-order valence-electron chi connectivity index (χ0n) is 11.4. The minimum atomic E-state index is -3.58. The summed E-state index contributed by atoms with van der Waals surface area (Å²) in [7, 11) is -3.58. The van der Waals surface area contributed by atoms with Crippen molar-refractivity contribution in [1.29, 1.82) is 0 Å². The van der Waals surface area contributed by atoms with E-state index in [0.29, 0.717) is 12.5 Å². The van der Waals surface area contributed by atoms with Crippen LogP contribution >= 0.6 is 11.3 Å². The van der Waals surface area contributed by atoms with Gasteiger partial charge in [-0.3, -0.25) is 4.79 Å². The Hall–Kier alpha value is -0.920. The Bertz CT molecular complexity index is 521. The summed E-state index contributed by atoms with van der Waals surface area (Å²) in [6.07, 6.45) is 0.801. The predicted molar refractivity (Wildman–Crippen MR) is 76.7 cm³/mol. The molecule has 1 aromatic heterocycles. The highest BCUT2D eigenvalue weighted by Crippen LogP contribution is 2.21. The Morgan fingerprint density at radius 2 is 2.05 bits per heavy atom. The molecule has 0 aliphatic carbocycles. The molecule has 0 unspecified atom stereocenters. The van der Waals surface area contributed by atoms with Crippen molar-refractivity contribution < 1.29 is 13.2 Å². The van der Waals surface area contributed by atoms with Gasteiger partial charge in [0.25, 0.3) is 10.0 Å². The van der Waals surface area contributed by atoms with Gasteiger partial charge in [0.05, 0.1) is 6.54 Å². The topological polar surface area (TPSA) is 75.3 Å². The van der Waals surface area contributed by atoms with Crippen LogP contribution in [0.15, 0.2) is 16.3 Å². The first-order chi connectivity index (χ1) is 8.85. The molecule has 0 aliphatic heterocycles. The van der Waals surface area contributed by atoms with E-state index in [1.54, 1.807) is 12.1 Å². The number of thiophene rings is 1. The lowest BCUT2D eigenvalue weighted by atomic mass is 10.2. The number of hydrogen-bond acceptors (Lipinski definition) is 4. The van der Waals surface area contributed by atoms with E-state index in [2.05, 4.69) is 10.0 Å². The Morgan fingerprint density at radius 3 is 2.58 bits per heavy atom. The van der Waals surface area contributed by atoms with Gasteiger partial charge in [-0.1, -0.05) is 20.8 Å². The number of sulfonamides is 1. The van der Waals surface area contributed by atoms with Gasteiger partial charge in [-0.25, -0.2) is 13.1 Å². The highest BCUT2D eigenvalue weighted by Gasteiger charge is 2.17. The van der Waals surface area contributed by atoms with Gasteiger partial charge in [0.1, 0.15) is 4.21 Å². The molecule has 0 aromatic carbocycles. The fourth-order valence-electron chi connectivity index (χ4n) is 1.30. The van der Waals surface area contributed by atoms with Crippen LogP contribution in [0.3, 0.4) is 0 Å². The Labute approximate surface area is 118 Å². The number of hydrogen-bond donors (Lipinski definition) is 2. The van der Waals surface area contributed by atoms with E-state index < -0.39 is 10.0 Å². The van der Waals surface area contributed by atoms with E-state index >= 15 is 0 Å². The molecule has 0 atom stereocenters. The number of carbonyl (C=O) groups is 1. The average Bonchev–Trinajstić information content (AvgIpc) is 2.83. The molecular weight excluding hydrogens is 284 g/mol. The molecule has 1 heterocycles. The summed E-state index contributed by atoms with van der Waals surface area (Å²) < 4.78 is 26.4. The van der Waals surface area contributed by atoms with Gasteiger partial charge in [-0.2, -0.15) is 0 Å². The highest BCUT2D eigenvalue weighted by atomic mass is 32.2. The largest absolute Gasteiger partial charge is 0.355 e. The van der Waals surface area contributed by atoms with Gasteiger partial charge in [-0.05, 0) is 24.5 Å². The molecule has 19 heavy (non-hydrogen) atoms. The van der Waals surface area contributed by atoms with Crippen LogP contribution in [0.4, 0.5) is 0 Å². The molecule has 0 spiro atoms. The third-order valence-corrected chi connectivity index (χ3v) is 5.50. The van der Waals surface area contributed by atoms with E-state index in [0.717, 1.165) is 11.3 Å². The molecule has 1 amide bonds. The molecule has 0 bridgehead atoms. The Balaban J connectivity index is 2.53. The second kappa shape index (κ2) is 7.02. The second-order valence-corrected chi connectivity index (χ2v) is 7.76. The summed E-state index contributed by atoms with van der Waals surface area (Å²) in [5.74, 6) is 0.0227. The second-order valence-electron chi connectivity index (χ2n) is 4.60. The van der Waals surface area contributed by atoms with E-state index in [4.69, 9.17) is 0 Å². The van der Waals surface area contributed by atoms with Crippen molar-refractivity contribution in [3.05, 3.63) is 17.0 Å². The molecule has 0 fully saturated rings. The molecule has 1 rings (SSSR count). The first kappa shape index (κ1) is 16.1. The van der Waals surface area contributed by atoms with Crippen molar-refractivity contribution in [3.8, 4) is 0 Å². The fourth-order valence-corrected chi connectivity index (χ4v) is 3.63. The molecule has 0 saturated carbocycles. The minimum Gasteiger partial charge on any atom is -0.355 e.